The summed E-state index contributed by atoms with van der Waals surface area (Å²) in [7, 11) is 4.46. The number of benzene rings is 1. The normalized spacial score (nSPS) is 15.7. The average Bonchev–Trinajstić information content (AvgIpc) is 3.47. The Labute approximate surface area is 194 Å². The first-order valence-corrected chi connectivity index (χ1v) is 10.9. The Morgan fingerprint density at radius 3 is 2.36 bits per heavy atom. The molecule has 1 unspecified atom stereocenters. The number of aromatic nitrogens is 1. The number of thiophene rings is 1. The average molecular weight is 467 g/mol. The molecule has 0 saturated heterocycles. The van der Waals surface area contributed by atoms with Gasteiger partial charge in [-0.15, -0.1) is 11.3 Å². The summed E-state index contributed by atoms with van der Waals surface area (Å²) in [5.74, 6) is -0.540. The Bertz CT molecular complexity index is 1180. The van der Waals surface area contributed by atoms with Gasteiger partial charge in [-0.05, 0) is 41.3 Å². The van der Waals surface area contributed by atoms with Gasteiger partial charge >= 0.3 is 0 Å². The number of carbonyl (C=O) groups is 2. The van der Waals surface area contributed by atoms with E-state index in [0.29, 0.717) is 33.4 Å². The molecular formula is C24H22N2O6S. The van der Waals surface area contributed by atoms with E-state index < -0.39 is 23.5 Å². The van der Waals surface area contributed by atoms with Crippen LogP contribution >= 0.6 is 11.3 Å². The highest BCUT2D eigenvalue weighted by Crippen LogP contribution is 2.46. The summed E-state index contributed by atoms with van der Waals surface area (Å²) in [6.45, 7) is 0.0896. The molecule has 2 aromatic heterocycles. The fourth-order valence-electron chi connectivity index (χ4n) is 3.86. The van der Waals surface area contributed by atoms with Gasteiger partial charge < -0.3 is 24.2 Å². The molecule has 33 heavy (non-hydrogen) atoms. The number of pyridine rings is 1. The molecule has 0 spiro atoms. The van der Waals surface area contributed by atoms with E-state index in [0.717, 1.165) is 0 Å². The smallest absolute Gasteiger partial charge is 0.290 e. The summed E-state index contributed by atoms with van der Waals surface area (Å²) >= 11 is 1.24. The molecule has 4 rings (SSSR count). The number of aliphatic hydroxyl groups is 1. The van der Waals surface area contributed by atoms with Crippen LogP contribution < -0.4 is 14.2 Å². The lowest BCUT2D eigenvalue weighted by Gasteiger charge is -2.27. The number of carbonyl (C=O) groups excluding carboxylic acids is 2. The number of hydrogen-bond donors (Lipinski definition) is 1. The van der Waals surface area contributed by atoms with Crippen molar-refractivity contribution in [3.05, 3.63) is 81.5 Å². The lowest BCUT2D eigenvalue weighted by atomic mass is 9.94. The summed E-state index contributed by atoms with van der Waals surface area (Å²) in [6, 6.07) is 11.2. The van der Waals surface area contributed by atoms with E-state index in [1.54, 1.807) is 48.0 Å². The maximum Gasteiger partial charge on any atom is 0.290 e. The van der Waals surface area contributed by atoms with Gasteiger partial charge in [0.15, 0.2) is 17.3 Å². The van der Waals surface area contributed by atoms with E-state index >= 15 is 0 Å². The molecular weight excluding hydrogens is 444 g/mol. The molecule has 1 aromatic carbocycles. The van der Waals surface area contributed by atoms with Crippen LogP contribution in [-0.4, -0.2) is 48.0 Å². The topological polar surface area (TPSA) is 98.2 Å². The van der Waals surface area contributed by atoms with Crippen molar-refractivity contribution in [2.45, 2.75) is 12.6 Å². The number of Topliss-reactive ketones (excluding diaryl/α,β-unsaturated/α-hetero) is 1. The third-order valence-corrected chi connectivity index (χ3v) is 6.22. The van der Waals surface area contributed by atoms with Crippen LogP contribution in [0.15, 0.2) is 65.4 Å². The SMILES string of the molecule is COc1cc(C2C(C(=O)c3cccs3)=C(O)C(=O)N2Cc2ccccn2)cc(OC)c1OC. The molecule has 3 heterocycles. The highest BCUT2D eigenvalue weighted by molar-refractivity contribution is 7.12. The van der Waals surface area contributed by atoms with Crippen molar-refractivity contribution in [2.24, 2.45) is 0 Å². The Balaban J connectivity index is 1.88. The van der Waals surface area contributed by atoms with Crippen molar-refractivity contribution in [2.75, 3.05) is 21.3 Å². The quantitative estimate of drug-likeness (QED) is 0.502. The van der Waals surface area contributed by atoms with Gasteiger partial charge in [0.2, 0.25) is 11.5 Å². The zero-order valence-electron chi connectivity index (χ0n) is 18.3. The summed E-state index contributed by atoms with van der Waals surface area (Å²) in [5.41, 5.74) is 1.13. The molecule has 1 aliphatic rings. The van der Waals surface area contributed by atoms with Crippen molar-refractivity contribution >= 4 is 23.0 Å². The van der Waals surface area contributed by atoms with Gasteiger partial charge in [-0.2, -0.15) is 0 Å². The largest absolute Gasteiger partial charge is 0.503 e. The van der Waals surface area contributed by atoms with Crippen molar-refractivity contribution < 1.29 is 28.9 Å². The van der Waals surface area contributed by atoms with Crippen LogP contribution in [0.4, 0.5) is 0 Å². The van der Waals surface area contributed by atoms with Crippen LogP contribution in [0.1, 0.15) is 27.0 Å². The monoisotopic (exact) mass is 466 g/mol. The Morgan fingerprint density at radius 2 is 1.82 bits per heavy atom. The van der Waals surface area contributed by atoms with Gasteiger partial charge in [-0.3, -0.25) is 14.6 Å². The van der Waals surface area contributed by atoms with Crippen LogP contribution in [0, 0.1) is 0 Å². The van der Waals surface area contributed by atoms with Crippen molar-refractivity contribution in [1.82, 2.24) is 9.88 Å². The van der Waals surface area contributed by atoms with E-state index in [2.05, 4.69) is 4.98 Å². The molecule has 9 heteroatoms. The predicted molar refractivity (Wildman–Crippen MR) is 122 cm³/mol. The third-order valence-electron chi connectivity index (χ3n) is 5.35. The van der Waals surface area contributed by atoms with Gasteiger partial charge in [0.05, 0.1) is 50.1 Å². The van der Waals surface area contributed by atoms with E-state index in [1.807, 2.05) is 6.07 Å². The molecule has 1 atom stereocenters. The minimum atomic E-state index is -0.886. The third kappa shape index (κ3) is 4.03. The van der Waals surface area contributed by atoms with Gasteiger partial charge in [0.25, 0.3) is 5.91 Å². The molecule has 1 amide bonds. The maximum atomic E-state index is 13.4. The Hall–Kier alpha value is -3.85. The highest BCUT2D eigenvalue weighted by atomic mass is 32.1. The second kappa shape index (κ2) is 9.33. The molecule has 0 radical (unpaired) electrons. The van der Waals surface area contributed by atoms with Crippen molar-refractivity contribution in [3.8, 4) is 17.2 Å². The van der Waals surface area contributed by atoms with E-state index in [9.17, 15) is 14.7 Å². The highest BCUT2D eigenvalue weighted by Gasteiger charge is 2.44. The Kier molecular flexibility index (Phi) is 6.32. The van der Waals surface area contributed by atoms with Crippen LogP contribution in [0.3, 0.4) is 0 Å². The maximum absolute atomic E-state index is 13.4. The van der Waals surface area contributed by atoms with E-state index in [1.165, 1.54) is 37.6 Å². The molecule has 0 fully saturated rings. The number of aliphatic hydroxyl groups excluding tert-OH is 1. The summed E-state index contributed by atoms with van der Waals surface area (Å²) in [6.07, 6.45) is 1.62. The van der Waals surface area contributed by atoms with Gasteiger partial charge in [-0.1, -0.05) is 12.1 Å². The molecule has 1 N–H and O–H groups in total. The number of rotatable bonds is 8. The number of methoxy groups -OCH3 is 3. The molecule has 170 valence electrons. The molecule has 0 bridgehead atoms. The van der Waals surface area contributed by atoms with Crippen molar-refractivity contribution in [3.63, 3.8) is 0 Å². The number of amides is 1. The van der Waals surface area contributed by atoms with Gasteiger partial charge in [0, 0.05) is 6.20 Å². The second-order valence-corrected chi connectivity index (χ2v) is 8.13. The fourth-order valence-corrected chi connectivity index (χ4v) is 4.54. The molecule has 1 aliphatic heterocycles. The Morgan fingerprint density at radius 1 is 1.09 bits per heavy atom. The molecule has 8 nitrogen and oxygen atoms in total. The first-order valence-electron chi connectivity index (χ1n) is 10.0. The molecule has 0 saturated carbocycles. The number of nitrogens with zero attached hydrogens (tertiary/aromatic N) is 2. The summed E-state index contributed by atoms with van der Waals surface area (Å²) in [5, 5.41) is 12.6. The molecule has 3 aromatic rings. The number of ketones is 1. The van der Waals surface area contributed by atoms with Crippen molar-refractivity contribution in [1.29, 1.82) is 0 Å². The van der Waals surface area contributed by atoms with Crippen LogP contribution in [0.2, 0.25) is 0 Å². The summed E-state index contributed by atoms with van der Waals surface area (Å²) < 4.78 is 16.4. The van der Waals surface area contributed by atoms with Crippen LogP contribution in [0.5, 0.6) is 17.2 Å². The predicted octanol–water partition coefficient (Wildman–Crippen LogP) is 3.95. The second-order valence-electron chi connectivity index (χ2n) is 7.18. The lowest BCUT2D eigenvalue weighted by molar-refractivity contribution is -0.130. The minimum Gasteiger partial charge on any atom is -0.503 e. The van der Waals surface area contributed by atoms with Crippen LogP contribution in [-0.2, 0) is 11.3 Å². The summed E-state index contributed by atoms with van der Waals surface area (Å²) in [4.78, 5) is 32.7. The zero-order chi connectivity index (χ0) is 23.5. The zero-order valence-corrected chi connectivity index (χ0v) is 19.1. The van der Waals surface area contributed by atoms with E-state index in [4.69, 9.17) is 14.2 Å². The van der Waals surface area contributed by atoms with Gasteiger partial charge in [0.1, 0.15) is 0 Å². The van der Waals surface area contributed by atoms with Gasteiger partial charge in [-0.25, -0.2) is 0 Å². The lowest BCUT2D eigenvalue weighted by Crippen LogP contribution is -2.31. The first kappa shape index (κ1) is 22.3. The number of hydrogen-bond acceptors (Lipinski definition) is 8. The number of ether oxygens (including phenoxy) is 3. The standard InChI is InChI=1S/C24H22N2O6S/c1-30-16-11-14(12-17(31-2)23(16)32-3)20-19(21(27)18-8-6-10-33-18)22(28)24(29)26(20)13-15-7-4-5-9-25-15/h4-12,20,28H,13H2,1-3H3. The molecule has 0 aliphatic carbocycles. The first-order chi connectivity index (χ1) is 16.0. The van der Waals surface area contributed by atoms with E-state index in [-0.39, 0.29) is 12.1 Å². The minimum absolute atomic E-state index is 0.00680. The van der Waals surface area contributed by atoms with Crippen LogP contribution in [0.25, 0.3) is 0 Å². The fraction of sp³-hybridized carbons (Fsp3) is 0.208.